The number of benzene rings is 2. The highest BCUT2D eigenvalue weighted by molar-refractivity contribution is 5.85. The molecule has 2 rings (SSSR count). The van der Waals surface area contributed by atoms with Gasteiger partial charge < -0.3 is 15.2 Å². The standard InChI is InChI=1S/C21H27NO3.ClH/c1-2-24-21(23)20(22)10-6-7-15-25-19-13-11-18(12-14-19)16-17-8-4-3-5-9-17;/h3-5,8-9,11-14,20H,2,6-7,10,15-16,22H2,1H3;1H/t20-;/m0./s1. The van der Waals surface area contributed by atoms with Crippen LogP contribution in [0, 0.1) is 0 Å². The lowest BCUT2D eigenvalue weighted by molar-refractivity contribution is -0.144. The van der Waals surface area contributed by atoms with Gasteiger partial charge in [0.1, 0.15) is 11.8 Å². The van der Waals surface area contributed by atoms with E-state index in [4.69, 9.17) is 15.2 Å². The number of carbonyl (C=O) groups is 1. The first-order valence-electron chi connectivity index (χ1n) is 8.87. The molecule has 0 spiro atoms. The summed E-state index contributed by atoms with van der Waals surface area (Å²) in [5.74, 6) is 0.545. The second kappa shape index (κ2) is 12.3. The van der Waals surface area contributed by atoms with E-state index in [1.54, 1.807) is 6.92 Å². The largest absolute Gasteiger partial charge is 0.494 e. The number of hydrogen-bond donors (Lipinski definition) is 1. The molecule has 2 aromatic rings. The summed E-state index contributed by atoms with van der Waals surface area (Å²) in [5.41, 5.74) is 8.32. The van der Waals surface area contributed by atoms with Crippen LogP contribution < -0.4 is 10.5 Å². The summed E-state index contributed by atoms with van der Waals surface area (Å²) in [5, 5.41) is 0. The van der Waals surface area contributed by atoms with Gasteiger partial charge in [-0.1, -0.05) is 42.5 Å². The molecule has 0 aliphatic carbocycles. The average molecular weight is 378 g/mol. The van der Waals surface area contributed by atoms with E-state index in [2.05, 4.69) is 36.4 Å². The number of ether oxygens (including phenoxy) is 2. The minimum atomic E-state index is -0.530. The molecule has 0 heterocycles. The van der Waals surface area contributed by atoms with Crippen LogP contribution in [-0.4, -0.2) is 25.2 Å². The summed E-state index contributed by atoms with van der Waals surface area (Å²) in [6.45, 7) is 2.77. The van der Waals surface area contributed by atoms with Crippen LogP contribution in [0.25, 0.3) is 0 Å². The van der Waals surface area contributed by atoms with Gasteiger partial charge in [-0.25, -0.2) is 0 Å². The highest BCUT2D eigenvalue weighted by Gasteiger charge is 2.13. The minimum absolute atomic E-state index is 0. The highest BCUT2D eigenvalue weighted by atomic mass is 35.5. The summed E-state index contributed by atoms with van der Waals surface area (Å²) in [4.78, 5) is 11.4. The van der Waals surface area contributed by atoms with Crippen molar-refractivity contribution in [2.75, 3.05) is 13.2 Å². The molecule has 0 saturated carbocycles. The Balaban J connectivity index is 0.00000338. The average Bonchev–Trinajstić information content (AvgIpc) is 2.63. The topological polar surface area (TPSA) is 61.5 Å². The normalized spacial score (nSPS) is 11.3. The maximum absolute atomic E-state index is 11.4. The fourth-order valence-electron chi connectivity index (χ4n) is 2.56. The van der Waals surface area contributed by atoms with E-state index in [0.29, 0.717) is 19.6 Å². The molecule has 5 heteroatoms. The second-order valence-corrected chi connectivity index (χ2v) is 6.01. The van der Waals surface area contributed by atoms with Crippen molar-refractivity contribution in [3.05, 3.63) is 65.7 Å². The zero-order chi connectivity index (χ0) is 17.9. The quantitative estimate of drug-likeness (QED) is 0.499. The predicted molar refractivity (Wildman–Crippen MR) is 107 cm³/mol. The Morgan fingerprint density at radius 3 is 2.31 bits per heavy atom. The highest BCUT2D eigenvalue weighted by Crippen LogP contribution is 2.16. The third-order valence-electron chi connectivity index (χ3n) is 3.94. The van der Waals surface area contributed by atoms with Gasteiger partial charge in [-0.05, 0) is 55.9 Å². The molecule has 0 saturated heterocycles. The molecule has 0 aliphatic rings. The van der Waals surface area contributed by atoms with Crippen molar-refractivity contribution in [1.29, 1.82) is 0 Å². The zero-order valence-corrected chi connectivity index (χ0v) is 16.0. The van der Waals surface area contributed by atoms with Crippen LogP contribution in [-0.2, 0) is 16.0 Å². The van der Waals surface area contributed by atoms with E-state index in [0.717, 1.165) is 25.0 Å². The molecule has 26 heavy (non-hydrogen) atoms. The summed E-state index contributed by atoms with van der Waals surface area (Å²) in [7, 11) is 0. The molecule has 2 N–H and O–H groups in total. The number of nitrogens with two attached hydrogens (primary N) is 1. The molecule has 0 bridgehead atoms. The van der Waals surface area contributed by atoms with Crippen LogP contribution >= 0.6 is 12.4 Å². The lowest BCUT2D eigenvalue weighted by Crippen LogP contribution is -2.32. The SMILES string of the molecule is CCOC(=O)[C@@H](N)CCCCOc1ccc(Cc2ccccc2)cc1.Cl. The summed E-state index contributed by atoms with van der Waals surface area (Å²) >= 11 is 0. The third kappa shape index (κ3) is 7.89. The van der Waals surface area contributed by atoms with E-state index in [-0.39, 0.29) is 18.4 Å². The molecule has 2 aromatic carbocycles. The summed E-state index contributed by atoms with van der Waals surface area (Å²) in [6, 6.07) is 18.1. The first-order chi connectivity index (χ1) is 12.2. The predicted octanol–water partition coefficient (Wildman–Crippen LogP) is 4.14. The van der Waals surface area contributed by atoms with Crippen LogP contribution in [0.2, 0.25) is 0 Å². The fraction of sp³-hybridized carbons (Fsp3) is 0.381. The van der Waals surface area contributed by atoms with Gasteiger partial charge in [0, 0.05) is 0 Å². The van der Waals surface area contributed by atoms with Crippen molar-refractivity contribution in [3.63, 3.8) is 0 Å². The molecule has 4 nitrogen and oxygen atoms in total. The molecule has 0 amide bonds. The zero-order valence-electron chi connectivity index (χ0n) is 15.2. The Morgan fingerprint density at radius 2 is 1.65 bits per heavy atom. The first kappa shape index (κ1) is 22.0. The number of rotatable bonds is 10. The molecular weight excluding hydrogens is 350 g/mol. The van der Waals surface area contributed by atoms with Gasteiger partial charge in [-0.15, -0.1) is 12.4 Å². The van der Waals surface area contributed by atoms with Crippen LogP contribution in [0.3, 0.4) is 0 Å². The van der Waals surface area contributed by atoms with E-state index < -0.39 is 6.04 Å². The molecule has 0 fully saturated rings. The molecule has 142 valence electrons. The lowest BCUT2D eigenvalue weighted by atomic mass is 10.1. The molecule has 0 radical (unpaired) electrons. The van der Waals surface area contributed by atoms with Crippen molar-refractivity contribution in [3.8, 4) is 5.75 Å². The molecule has 1 atom stereocenters. The van der Waals surface area contributed by atoms with Crippen molar-refractivity contribution >= 4 is 18.4 Å². The van der Waals surface area contributed by atoms with Gasteiger partial charge in [0.25, 0.3) is 0 Å². The van der Waals surface area contributed by atoms with Crippen LogP contribution in [0.1, 0.15) is 37.3 Å². The van der Waals surface area contributed by atoms with E-state index in [1.165, 1.54) is 11.1 Å². The van der Waals surface area contributed by atoms with Gasteiger partial charge in [-0.2, -0.15) is 0 Å². The van der Waals surface area contributed by atoms with Crippen LogP contribution in [0.15, 0.2) is 54.6 Å². The first-order valence-corrected chi connectivity index (χ1v) is 8.87. The second-order valence-electron chi connectivity index (χ2n) is 6.01. The maximum Gasteiger partial charge on any atom is 0.322 e. The number of esters is 1. The summed E-state index contributed by atoms with van der Waals surface area (Å²) in [6.07, 6.45) is 3.25. The van der Waals surface area contributed by atoms with Crippen molar-refractivity contribution in [2.24, 2.45) is 5.73 Å². The third-order valence-corrected chi connectivity index (χ3v) is 3.94. The van der Waals surface area contributed by atoms with Gasteiger partial charge in [-0.3, -0.25) is 4.79 Å². The van der Waals surface area contributed by atoms with E-state index in [1.807, 2.05) is 18.2 Å². The Morgan fingerprint density at radius 1 is 1.00 bits per heavy atom. The van der Waals surface area contributed by atoms with Crippen LogP contribution in [0.4, 0.5) is 0 Å². The number of hydrogen-bond acceptors (Lipinski definition) is 4. The Kier molecular flexibility index (Phi) is 10.4. The molecule has 0 aromatic heterocycles. The molecule has 0 unspecified atom stereocenters. The van der Waals surface area contributed by atoms with Crippen molar-refractivity contribution < 1.29 is 14.3 Å². The minimum Gasteiger partial charge on any atom is -0.494 e. The van der Waals surface area contributed by atoms with Crippen molar-refractivity contribution in [2.45, 2.75) is 38.6 Å². The van der Waals surface area contributed by atoms with Gasteiger partial charge in [0.2, 0.25) is 0 Å². The smallest absolute Gasteiger partial charge is 0.322 e. The monoisotopic (exact) mass is 377 g/mol. The Labute approximate surface area is 162 Å². The summed E-state index contributed by atoms with van der Waals surface area (Å²) < 4.78 is 10.6. The molecule has 0 aliphatic heterocycles. The van der Waals surface area contributed by atoms with Gasteiger partial charge >= 0.3 is 5.97 Å². The lowest BCUT2D eigenvalue weighted by Gasteiger charge is -2.11. The van der Waals surface area contributed by atoms with Gasteiger partial charge in [0.05, 0.1) is 13.2 Å². The Bertz CT molecular complexity index is 631. The number of halogens is 1. The molecular formula is C21H28ClNO3. The maximum atomic E-state index is 11.4. The van der Waals surface area contributed by atoms with Crippen LogP contribution in [0.5, 0.6) is 5.75 Å². The number of carbonyl (C=O) groups excluding carboxylic acids is 1. The van der Waals surface area contributed by atoms with Crippen molar-refractivity contribution in [1.82, 2.24) is 0 Å². The van der Waals surface area contributed by atoms with E-state index >= 15 is 0 Å². The van der Waals surface area contributed by atoms with Gasteiger partial charge in [0.15, 0.2) is 0 Å². The fourth-order valence-corrected chi connectivity index (χ4v) is 2.56. The Hall–Kier alpha value is -2.04. The van der Waals surface area contributed by atoms with E-state index in [9.17, 15) is 4.79 Å². The number of unbranched alkanes of at least 4 members (excludes halogenated alkanes) is 1.